The molecular formula is C25H48. The highest BCUT2D eigenvalue weighted by Crippen LogP contribution is 2.47. The molecule has 0 spiro atoms. The van der Waals surface area contributed by atoms with Gasteiger partial charge in [0.1, 0.15) is 0 Å². The first-order chi connectivity index (χ1) is 12.2. The Morgan fingerprint density at radius 3 is 1.80 bits per heavy atom. The van der Waals surface area contributed by atoms with E-state index in [1.807, 2.05) is 0 Å². The van der Waals surface area contributed by atoms with Crippen LogP contribution in [0, 0.1) is 23.2 Å². The van der Waals surface area contributed by atoms with Gasteiger partial charge >= 0.3 is 0 Å². The quantitative estimate of drug-likeness (QED) is 0.327. The summed E-state index contributed by atoms with van der Waals surface area (Å²) in [6.07, 6.45) is 27.0. The monoisotopic (exact) mass is 348 g/mol. The molecule has 0 atom stereocenters. The van der Waals surface area contributed by atoms with Gasteiger partial charge in [-0.1, -0.05) is 91.4 Å². The van der Waals surface area contributed by atoms with Crippen LogP contribution in [0.2, 0.25) is 0 Å². The third-order valence-electron chi connectivity index (χ3n) is 7.90. The fourth-order valence-electron chi connectivity index (χ4n) is 5.85. The van der Waals surface area contributed by atoms with Crippen LogP contribution < -0.4 is 0 Å². The fraction of sp³-hybridized carbons (Fsp3) is 1.00. The highest BCUT2D eigenvalue weighted by molar-refractivity contribution is 4.86. The normalized spacial score (nSPS) is 33.5. The molecule has 2 saturated carbocycles. The van der Waals surface area contributed by atoms with E-state index in [2.05, 4.69) is 20.8 Å². The van der Waals surface area contributed by atoms with Gasteiger partial charge in [0.25, 0.3) is 0 Å². The Kier molecular flexibility index (Phi) is 9.93. The van der Waals surface area contributed by atoms with Gasteiger partial charge in [0.2, 0.25) is 0 Å². The van der Waals surface area contributed by atoms with E-state index in [-0.39, 0.29) is 0 Å². The van der Waals surface area contributed by atoms with Crippen LogP contribution in [0.5, 0.6) is 0 Å². The van der Waals surface area contributed by atoms with E-state index in [4.69, 9.17) is 0 Å². The SMILES string of the molecule is CCCCCCC1CCC(C2CCC(C)(CCCCCC)CC2)CC1. The van der Waals surface area contributed by atoms with Crippen LogP contribution in [0.4, 0.5) is 0 Å². The molecule has 0 nitrogen and oxygen atoms in total. The van der Waals surface area contributed by atoms with Crippen LogP contribution in [0.1, 0.15) is 136 Å². The summed E-state index contributed by atoms with van der Waals surface area (Å²) >= 11 is 0. The number of hydrogen-bond donors (Lipinski definition) is 0. The lowest BCUT2D eigenvalue weighted by Crippen LogP contribution is -2.30. The van der Waals surface area contributed by atoms with E-state index < -0.39 is 0 Å². The molecule has 0 aromatic heterocycles. The average Bonchev–Trinajstić information content (AvgIpc) is 2.64. The summed E-state index contributed by atoms with van der Waals surface area (Å²) < 4.78 is 0. The molecule has 0 heteroatoms. The van der Waals surface area contributed by atoms with E-state index in [1.54, 1.807) is 38.5 Å². The third-order valence-corrected chi connectivity index (χ3v) is 7.90. The zero-order valence-corrected chi connectivity index (χ0v) is 18.0. The molecule has 0 unspecified atom stereocenters. The maximum atomic E-state index is 2.60. The second-order valence-corrected chi connectivity index (χ2v) is 10.1. The predicted octanol–water partition coefficient (Wildman–Crippen LogP) is 8.93. The molecule has 148 valence electrons. The highest BCUT2D eigenvalue weighted by Gasteiger charge is 2.35. The minimum Gasteiger partial charge on any atom is -0.0654 e. The summed E-state index contributed by atoms with van der Waals surface area (Å²) in [4.78, 5) is 0. The second kappa shape index (κ2) is 11.7. The molecule has 2 rings (SSSR count). The molecule has 0 heterocycles. The molecule has 0 aromatic carbocycles. The molecular weight excluding hydrogens is 300 g/mol. The first kappa shape index (κ1) is 21.3. The zero-order chi connectivity index (χ0) is 18.0. The van der Waals surface area contributed by atoms with Gasteiger partial charge in [-0.3, -0.25) is 0 Å². The summed E-state index contributed by atoms with van der Waals surface area (Å²) in [5, 5.41) is 0. The lowest BCUT2D eigenvalue weighted by molar-refractivity contribution is 0.0949. The van der Waals surface area contributed by atoms with Crippen LogP contribution in [0.25, 0.3) is 0 Å². The largest absolute Gasteiger partial charge is 0.0654 e. The van der Waals surface area contributed by atoms with Crippen LogP contribution >= 0.6 is 0 Å². The molecule has 2 aliphatic carbocycles. The van der Waals surface area contributed by atoms with E-state index in [9.17, 15) is 0 Å². The maximum Gasteiger partial charge on any atom is -0.0326 e. The molecule has 0 saturated heterocycles. The summed E-state index contributed by atoms with van der Waals surface area (Å²) in [5.74, 6) is 3.27. The average molecular weight is 349 g/mol. The van der Waals surface area contributed by atoms with Crippen molar-refractivity contribution in [2.24, 2.45) is 23.2 Å². The van der Waals surface area contributed by atoms with Gasteiger partial charge < -0.3 is 0 Å². The van der Waals surface area contributed by atoms with Gasteiger partial charge in [-0.15, -0.1) is 0 Å². The predicted molar refractivity (Wildman–Crippen MR) is 113 cm³/mol. The van der Waals surface area contributed by atoms with Crippen molar-refractivity contribution in [2.45, 2.75) is 136 Å². The smallest absolute Gasteiger partial charge is 0.0326 e. The zero-order valence-electron chi connectivity index (χ0n) is 18.0. The molecule has 0 bridgehead atoms. The molecule has 0 amide bonds. The Morgan fingerprint density at radius 1 is 0.640 bits per heavy atom. The van der Waals surface area contributed by atoms with Crippen molar-refractivity contribution in [3.05, 3.63) is 0 Å². The number of hydrogen-bond acceptors (Lipinski definition) is 0. The van der Waals surface area contributed by atoms with Crippen molar-refractivity contribution in [3.63, 3.8) is 0 Å². The van der Waals surface area contributed by atoms with Gasteiger partial charge in [-0.25, -0.2) is 0 Å². The molecule has 25 heavy (non-hydrogen) atoms. The summed E-state index contributed by atoms with van der Waals surface area (Å²) in [6, 6.07) is 0. The molecule has 2 fully saturated rings. The Morgan fingerprint density at radius 2 is 1.20 bits per heavy atom. The van der Waals surface area contributed by atoms with Gasteiger partial charge in [-0.2, -0.15) is 0 Å². The van der Waals surface area contributed by atoms with Crippen molar-refractivity contribution < 1.29 is 0 Å². The van der Waals surface area contributed by atoms with Crippen molar-refractivity contribution >= 4 is 0 Å². The Bertz CT molecular complexity index is 315. The highest BCUT2D eigenvalue weighted by atomic mass is 14.4. The van der Waals surface area contributed by atoms with Crippen molar-refractivity contribution in [2.75, 3.05) is 0 Å². The summed E-state index contributed by atoms with van der Waals surface area (Å²) in [5.41, 5.74) is 0.695. The molecule has 2 aliphatic rings. The van der Waals surface area contributed by atoms with E-state index in [1.165, 1.54) is 77.0 Å². The van der Waals surface area contributed by atoms with Crippen LogP contribution in [0.3, 0.4) is 0 Å². The number of rotatable bonds is 11. The lowest BCUT2D eigenvalue weighted by Gasteiger charge is -2.42. The van der Waals surface area contributed by atoms with Gasteiger partial charge in [-0.05, 0) is 68.1 Å². The van der Waals surface area contributed by atoms with Crippen molar-refractivity contribution in [3.8, 4) is 0 Å². The van der Waals surface area contributed by atoms with Crippen molar-refractivity contribution in [1.82, 2.24) is 0 Å². The lowest BCUT2D eigenvalue weighted by atomic mass is 9.63. The van der Waals surface area contributed by atoms with Crippen LogP contribution in [-0.2, 0) is 0 Å². The van der Waals surface area contributed by atoms with Crippen LogP contribution in [0.15, 0.2) is 0 Å². The first-order valence-corrected chi connectivity index (χ1v) is 12.2. The van der Waals surface area contributed by atoms with Crippen molar-refractivity contribution in [1.29, 1.82) is 0 Å². The van der Waals surface area contributed by atoms with Crippen LogP contribution in [-0.4, -0.2) is 0 Å². The molecule has 0 radical (unpaired) electrons. The summed E-state index contributed by atoms with van der Waals surface area (Å²) in [7, 11) is 0. The standard InChI is InChI=1S/C25H48/c1-4-6-8-10-12-22-13-15-23(16-14-22)24-17-20-25(3,21-18-24)19-11-9-7-5-2/h22-24H,4-21H2,1-3H3. The maximum absolute atomic E-state index is 2.60. The molecule has 0 N–H and O–H groups in total. The molecule has 0 aliphatic heterocycles. The Labute approximate surface area is 159 Å². The van der Waals surface area contributed by atoms with Gasteiger partial charge in [0, 0.05) is 0 Å². The second-order valence-electron chi connectivity index (χ2n) is 10.1. The Balaban J connectivity index is 1.60. The number of unbranched alkanes of at least 4 members (excludes halogenated alkanes) is 6. The third kappa shape index (κ3) is 7.64. The fourth-order valence-corrected chi connectivity index (χ4v) is 5.85. The topological polar surface area (TPSA) is 0 Å². The first-order valence-electron chi connectivity index (χ1n) is 12.2. The van der Waals surface area contributed by atoms with E-state index in [0.29, 0.717) is 5.41 Å². The van der Waals surface area contributed by atoms with Gasteiger partial charge in [0.05, 0.1) is 0 Å². The van der Waals surface area contributed by atoms with E-state index >= 15 is 0 Å². The Hall–Kier alpha value is 0. The minimum absolute atomic E-state index is 0.695. The molecule has 0 aromatic rings. The van der Waals surface area contributed by atoms with Gasteiger partial charge in [0.15, 0.2) is 0 Å². The van der Waals surface area contributed by atoms with E-state index in [0.717, 1.165) is 17.8 Å². The summed E-state index contributed by atoms with van der Waals surface area (Å²) in [6.45, 7) is 7.25. The minimum atomic E-state index is 0.695.